The lowest BCUT2D eigenvalue weighted by atomic mass is 10.1. The van der Waals surface area contributed by atoms with E-state index in [1.54, 1.807) is 18.6 Å². The summed E-state index contributed by atoms with van der Waals surface area (Å²) >= 11 is 0. The molecule has 5 heteroatoms. The topological polar surface area (TPSA) is 49.3 Å². The number of allylic oxidation sites excluding steroid dienone is 1. The molecule has 5 nitrogen and oxygen atoms in total. The van der Waals surface area contributed by atoms with Gasteiger partial charge in [0.1, 0.15) is 0 Å². The van der Waals surface area contributed by atoms with Gasteiger partial charge >= 0.3 is 0 Å². The number of carbonyl (C=O) groups is 1. The minimum absolute atomic E-state index is 0.689. The van der Waals surface area contributed by atoms with Crippen LogP contribution in [0.3, 0.4) is 0 Å². The first kappa shape index (κ1) is 16.3. The lowest BCUT2D eigenvalue weighted by Crippen LogP contribution is -2.32. The van der Waals surface area contributed by atoms with E-state index in [2.05, 4.69) is 20.9 Å². The third-order valence-corrected chi connectivity index (χ3v) is 3.12. The first-order chi connectivity index (χ1) is 9.65. The van der Waals surface area contributed by atoms with Gasteiger partial charge in [0.05, 0.1) is 5.69 Å². The van der Waals surface area contributed by atoms with Gasteiger partial charge in [-0.3, -0.25) is 14.8 Å². The van der Waals surface area contributed by atoms with E-state index >= 15 is 0 Å². The normalized spacial score (nSPS) is 11.7. The summed E-state index contributed by atoms with van der Waals surface area (Å²) in [5.41, 5.74) is 2.24. The van der Waals surface area contributed by atoms with E-state index in [4.69, 9.17) is 0 Å². The highest BCUT2D eigenvalue weighted by Crippen LogP contribution is 2.08. The molecule has 0 N–H and O–H groups in total. The molecule has 0 aliphatic heterocycles. The van der Waals surface area contributed by atoms with E-state index < -0.39 is 0 Å². The Kier molecular flexibility index (Phi) is 7.50. The predicted octanol–water partition coefficient (Wildman–Crippen LogP) is 1.38. The number of hydrogen-bond acceptors (Lipinski definition) is 4. The molecule has 1 rings (SSSR count). The summed E-state index contributed by atoms with van der Waals surface area (Å²) < 4.78 is 0. The number of likely N-dealkylation sites (N-methyl/N-ethyl adjacent to an activating group) is 1. The highest BCUT2D eigenvalue weighted by molar-refractivity contribution is 5.47. The molecule has 1 heterocycles. The predicted molar refractivity (Wildman–Crippen MR) is 80.3 cm³/mol. The molecule has 0 aliphatic rings. The molecule has 0 radical (unpaired) electrons. The number of carbonyl (C=O) groups excluding carboxylic acids is 1. The standard InChI is InChI=1S/C15H24N4O/c1-4-14(5-6-15-11-16-7-8-17-15)12-19(13-20)10-9-18(2)3/h4,7-8,11,13H,5-6,9-10,12H2,1-3H3/b14-4+. The van der Waals surface area contributed by atoms with E-state index in [1.807, 2.05) is 25.9 Å². The molecule has 0 unspecified atom stereocenters. The summed E-state index contributed by atoms with van der Waals surface area (Å²) in [4.78, 5) is 23.3. The third kappa shape index (κ3) is 6.43. The van der Waals surface area contributed by atoms with E-state index in [0.717, 1.165) is 38.0 Å². The Morgan fingerprint density at radius 1 is 1.30 bits per heavy atom. The third-order valence-electron chi connectivity index (χ3n) is 3.12. The van der Waals surface area contributed by atoms with E-state index in [1.165, 1.54) is 5.57 Å². The van der Waals surface area contributed by atoms with Gasteiger partial charge < -0.3 is 9.80 Å². The zero-order chi connectivity index (χ0) is 14.8. The van der Waals surface area contributed by atoms with Crippen molar-refractivity contribution in [1.29, 1.82) is 0 Å². The SMILES string of the molecule is C/C=C(\CCc1cnccn1)CN(C=O)CCN(C)C. The van der Waals surface area contributed by atoms with Crippen molar-refractivity contribution in [2.75, 3.05) is 33.7 Å². The second-order valence-electron chi connectivity index (χ2n) is 5.02. The van der Waals surface area contributed by atoms with Gasteiger partial charge in [-0.1, -0.05) is 11.6 Å². The Balaban J connectivity index is 2.43. The first-order valence-electron chi connectivity index (χ1n) is 6.88. The monoisotopic (exact) mass is 276 g/mol. The molecule has 0 atom stereocenters. The molecule has 1 amide bonds. The summed E-state index contributed by atoms with van der Waals surface area (Å²) in [5.74, 6) is 0. The van der Waals surface area contributed by atoms with Crippen molar-refractivity contribution in [2.45, 2.75) is 19.8 Å². The van der Waals surface area contributed by atoms with Gasteiger partial charge in [0.15, 0.2) is 0 Å². The molecule has 0 aliphatic carbocycles. The molecule has 0 fully saturated rings. The maximum absolute atomic E-state index is 11.1. The van der Waals surface area contributed by atoms with Gasteiger partial charge in [-0.25, -0.2) is 0 Å². The lowest BCUT2D eigenvalue weighted by Gasteiger charge is -2.21. The largest absolute Gasteiger partial charge is 0.340 e. The van der Waals surface area contributed by atoms with Crippen LogP contribution in [0.4, 0.5) is 0 Å². The number of hydrogen-bond donors (Lipinski definition) is 0. The summed E-state index contributed by atoms with van der Waals surface area (Å²) in [6.07, 6.45) is 9.94. The summed E-state index contributed by atoms with van der Waals surface area (Å²) in [5, 5.41) is 0. The van der Waals surface area contributed by atoms with Crippen molar-refractivity contribution in [3.63, 3.8) is 0 Å². The van der Waals surface area contributed by atoms with Crippen molar-refractivity contribution in [1.82, 2.24) is 19.8 Å². The number of aryl methyl sites for hydroxylation is 1. The fraction of sp³-hybridized carbons (Fsp3) is 0.533. The number of rotatable bonds is 9. The average Bonchev–Trinajstić information content (AvgIpc) is 2.47. The van der Waals surface area contributed by atoms with Gasteiger partial charge in [-0.05, 0) is 33.9 Å². The van der Waals surface area contributed by atoms with E-state index in [9.17, 15) is 4.79 Å². The van der Waals surface area contributed by atoms with Gasteiger partial charge in [0.2, 0.25) is 6.41 Å². The zero-order valence-corrected chi connectivity index (χ0v) is 12.6. The van der Waals surface area contributed by atoms with Crippen molar-refractivity contribution >= 4 is 6.41 Å². The molecule has 20 heavy (non-hydrogen) atoms. The molecular formula is C15H24N4O. The minimum atomic E-state index is 0.689. The first-order valence-corrected chi connectivity index (χ1v) is 6.88. The van der Waals surface area contributed by atoms with Crippen LogP contribution in [0, 0.1) is 0 Å². The van der Waals surface area contributed by atoms with Crippen LogP contribution >= 0.6 is 0 Å². The second-order valence-corrected chi connectivity index (χ2v) is 5.02. The highest BCUT2D eigenvalue weighted by Gasteiger charge is 2.06. The van der Waals surface area contributed by atoms with Crippen LogP contribution in [0.2, 0.25) is 0 Å². The lowest BCUT2D eigenvalue weighted by molar-refractivity contribution is -0.117. The molecule has 1 aromatic heterocycles. The van der Waals surface area contributed by atoms with Crippen LogP contribution in [0.1, 0.15) is 19.0 Å². The van der Waals surface area contributed by atoms with Gasteiger partial charge in [0, 0.05) is 38.2 Å². The van der Waals surface area contributed by atoms with Crippen molar-refractivity contribution < 1.29 is 4.79 Å². The summed E-state index contributed by atoms with van der Waals surface area (Å²) in [7, 11) is 4.02. The van der Waals surface area contributed by atoms with E-state index in [-0.39, 0.29) is 0 Å². The minimum Gasteiger partial charge on any atom is -0.340 e. The quantitative estimate of drug-likeness (QED) is 0.505. The Hall–Kier alpha value is -1.75. The molecular weight excluding hydrogens is 252 g/mol. The van der Waals surface area contributed by atoms with Crippen molar-refractivity contribution in [3.05, 3.63) is 35.9 Å². The van der Waals surface area contributed by atoms with Crippen molar-refractivity contribution in [3.8, 4) is 0 Å². The smallest absolute Gasteiger partial charge is 0.210 e. The molecule has 0 spiro atoms. The van der Waals surface area contributed by atoms with Gasteiger partial charge in [-0.2, -0.15) is 0 Å². The van der Waals surface area contributed by atoms with Crippen LogP contribution in [0.5, 0.6) is 0 Å². The Bertz CT molecular complexity index is 417. The zero-order valence-electron chi connectivity index (χ0n) is 12.6. The maximum atomic E-state index is 11.1. The number of nitrogens with zero attached hydrogens (tertiary/aromatic N) is 4. The number of amides is 1. The van der Waals surface area contributed by atoms with E-state index in [0.29, 0.717) is 6.54 Å². The molecule has 110 valence electrons. The fourth-order valence-corrected chi connectivity index (χ4v) is 1.82. The van der Waals surface area contributed by atoms with Crippen LogP contribution in [-0.4, -0.2) is 59.9 Å². The Morgan fingerprint density at radius 2 is 2.10 bits per heavy atom. The number of aromatic nitrogens is 2. The van der Waals surface area contributed by atoms with Crippen LogP contribution in [0.25, 0.3) is 0 Å². The second kappa shape index (κ2) is 9.20. The Labute approximate surface area is 121 Å². The fourth-order valence-electron chi connectivity index (χ4n) is 1.82. The molecule has 1 aromatic rings. The average molecular weight is 276 g/mol. The van der Waals surface area contributed by atoms with Crippen LogP contribution in [-0.2, 0) is 11.2 Å². The Morgan fingerprint density at radius 3 is 2.65 bits per heavy atom. The van der Waals surface area contributed by atoms with Crippen LogP contribution in [0.15, 0.2) is 30.2 Å². The molecule has 0 aromatic carbocycles. The summed E-state index contributed by atoms with van der Waals surface area (Å²) in [6.45, 7) is 4.33. The van der Waals surface area contributed by atoms with Gasteiger partial charge in [0.25, 0.3) is 0 Å². The summed E-state index contributed by atoms with van der Waals surface area (Å²) in [6, 6.07) is 0. The van der Waals surface area contributed by atoms with Gasteiger partial charge in [-0.15, -0.1) is 0 Å². The van der Waals surface area contributed by atoms with Crippen molar-refractivity contribution in [2.24, 2.45) is 0 Å². The maximum Gasteiger partial charge on any atom is 0.210 e. The highest BCUT2D eigenvalue weighted by atomic mass is 16.1. The van der Waals surface area contributed by atoms with Crippen LogP contribution < -0.4 is 0 Å². The molecule has 0 bridgehead atoms. The molecule has 0 saturated heterocycles. The molecule has 0 saturated carbocycles.